The predicted octanol–water partition coefficient (Wildman–Crippen LogP) is 7.78. The van der Waals surface area contributed by atoms with Crippen molar-refractivity contribution in [3.05, 3.63) is 105 Å². The molecule has 0 radical (unpaired) electrons. The molecule has 1 N–H and O–H groups in total. The number of nitrogens with one attached hydrogen (secondary N) is 1. The van der Waals surface area contributed by atoms with E-state index in [2.05, 4.69) is 57.3 Å². The highest BCUT2D eigenvalue weighted by atomic mass is 35.5. The number of halogens is 2. The fourth-order valence-corrected chi connectivity index (χ4v) is 4.78. The Kier molecular flexibility index (Phi) is 11.4. The molecule has 0 aromatic heterocycles. The van der Waals surface area contributed by atoms with Gasteiger partial charge in [-0.1, -0.05) is 118 Å². The molecule has 208 valence electrons. The van der Waals surface area contributed by atoms with Crippen LogP contribution in [-0.2, 0) is 34.4 Å². The molecule has 0 heterocycles. The van der Waals surface area contributed by atoms with Crippen molar-refractivity contribution in [2.45, 2.75) is 77.8 Å². The summed E-state index contributed by atoms with van der Waals surface area (Å²) in [6, 6.07) is 23.0. The summed E-state index contributed by atoms with van der Waals surface area (Å²) in [5.41, 5.74) is 4.24. The second-order valence-corrected chi connectivity index (χ2v) is 11.9. The molecule has 0 fully saturated rings. The Balaban J connectivity index is 1.88. The fourth-order valence-electron chi connectivity index (χ4n) is 4.46. The van der Waals surface area contributed by atoms with Gasteiger partial charge in [-0.3, -0.25) is 9.59 Å². The summed E-state index contributed by atoms with van der Waals surface area (Å²) in [5, 5.41) is 3.94. The summed E-state index contributed by atoms with van der Waals surface area (Å²) in [6.07, 6.45) is 3.17. The lowest BCUT2D eigenvalue weighted by Gasteiger charge is -2.32. The fraction of sp³-hybridized carbons (Fsp3) is 0.394. The highest BCUT2D eigenvalue weighted by molar-refractivity contribution is 6.42. The molecule has 0 bridgehead atoms. The first-order chi connectivity index (χ1) is 18.6. The molecule has 0 unspecified atom stereocenters. The number of rotatable bonds is 12. The first-order valence-electron chi connectivity index (χ1n) is 13.7. The summed E-state index contributed by atoms with van der Waals surface area (Å²) in [7, 11) is 0. The molecular weight excluding hydrogens is 527 g/mol. The van der Waals surface area contributed by atoms with Gasteiger partial charge in [0.25, 0.3) is 0 Å². The van der Waals surface area contributed by atoms with Gasteiger partial charge in [0.05, 0.1) is 10.0 Å². The minimum Gasteiger partial charge on any atom is -0.354 e. The van der Waals surface area contributed by atoms with Gasteiger partial charge in [-0.15, -0.1) is 0 Å². The molecular formula is C33H40Cl2N2O2. The van der Waals surface area contributed by atoms with E-state index in [4.69, 9.17) is 23.2 Å². The smallest absolute Gasteiger partial charge is 0.243 e. The van der Waals surface area contributed by atoms with Crippen LogP contribution in [0.25, 0.3) is 0 Å². The number of amides is 2. The van der Waals surface area contributed by atoms with Crippen molar-refractivity contribution in [2.75, 3.05) is 6.54 Å². The third kappa shape index (κ3) is 9.40. The van der Waals surface area contributed by atoms with Gasteiger partial charge in [-0.25, -0.2) is 0 Å². The van der Waals surface area contributed by atoms with E-state index in [1.54, 1.807) is 17.0 Å². The maximum absolute atomic E-state index is 13.9. The monoisotopic (exact) mass is 566 g/mol. The SMILES string of the molecule is CCCCNC(=O)[C@@H](Cc1ccccc1)N(Cc1ccc(Cl)c(Cl)c1)C(=O)CCc1ccc(C(C)(C)C)cc1. The quantitative estimate of drug-likeness (QED) is 0.227. The van der Waals surface area contributed by atoms with Gasteiger partial charge in [-0.05, 0) is 52.6 Å². The average molecular weight is 568 g/mol. The maximum atomic E-state index is 13.9. The molecule has 0 spiro atoms. The van der Waals surface area contributed by atoms with Crippen LogP contribution in [0.1, 0.15) is 69.2 Å². The lowest BCUT2D eigenvalue weighted by atomic mass is 9.86. The second kappa shape index (κ2) is 14.5. The number of hydrogen-bond acceptors (Lipinski definition) is 2. The number of unbranched alkanes of at least 4 members (excludes halogenated alkanes) is 1. The summed E-state index contributed by atoms with van der Waals surface area (Å²) >= 11 is 12.5. The first-order valence-corrected chi connectivity index (χ1v) is 14.5. The Morgan fingerprint density at radius 2 is 1.54 bits per heavy atom. The Hall–Kier alpha value is -2.82. The number of carbonyl (C=O) groups excluding carboxylic acids is 2. The van der Waals surface area contributed by atoms with Crippen molar-refractivity contribution >= 4 is 35.0 Å². The first kappa shape index (κ1) is 30.7. The number of carbonyl (C=O) groups is 2. The Morgan fingerprint density at radius 1 is 0.872 bits per heavy atom. The molecule has 0 aliphatic heterocycles. The van der Waals surface area contributed by atoms with Crippen LogP contribution in [0.15, 0.2) is 72.8 Å². The molecule has 0 aliphatic carbocycles. The van der Waals surface area contributed by atoms with Gasteiger partial charge in [0.15, 0.2) is 0 Å². The van der Waals surface area contributed by atoms with E-state index < -0.39 is 6.04 Å². The van der Waals surface area contributed by atoms with Gasteiger partial charge >= 0.3 is 0 Å². The Labute approximate surface area is 243 Å². The van der Waals surface area contributed by atoms with Crippen molar-refractivity contribution in [1.29, 1.82) is 0 Å². The minimum absolute atomic E-state index is 0.0702. The van der Waals surface area contributed by atoms with E-state index >= 15 is 0 Å². The van der Waals surface area contributed by atoms with Crippen LogP contribution in [0.3, 0.4) is 0 Å². The van der Waals surface area contributed by atoms with Gasteiger partial charge in [-0.2, -0.15) is 0 Å². The maximum Gasteiger partial charge on any atom is 0.243 e. The molecule has 3 aromatic rings. The van der Waals surface area contributed by atoms with E-state index in [0.29, 0.717) is 35.9 Å². The minimum atomic E-state index is -0.658. The zero-order valence-electron chi connectivity index (χ0n) is 23.5. The molecule has 3 aromatic carbocycles. The predicted molar refractivity (Wildman–Crippen MR) is 162 cm³/mol. The van der Waals surface area contributed by atoms with E-state index in [1.165, 1.54) is 5.56 Å². The molecule has 1 atom stereocenters. The van der Waals surface area contributed by atoms with Crippen molar-refractivity contribution < 1.29 is 9.59 Å². The molecule has 2 amide bonds. The highest BCUT2D eigenvalue weighted by Crippen LogP contribution is 2.25. The van der Waals surface area contributed by atoms with Crippen LogP contribution in [0.5, 0.6) is 0 Å². The topological polar surface area (TPSA) is 49.4 Å². The summed E-state index contributed by atoms with van der Waals surface area (Å²) in [5.74, 6) is -0.220. The molecule has 6 heteroatoms. The Bertz CT molecular complexity index is 1220. The molecule has 3 rings (SSSR count). The summed E-state index contributed by atoms with van der Waals surface area (Å²) < 4.78 is 0. The summed E-state index contributed by atoms with van der Waals surface area (Å²) in [6.45, 7) is 9.48. The molecule has 0 aliphatic rings. The number of aryl methyl sites for hydroxylation is 1. The average Bonchev–Trinajstić information content (AvgIpc) is 2.91. The third-order valence-corrected chi connectivity index (χ3v) is 7.62. The third-order valence-electron chi connectivity index (χ3n) is 6.89. The summed E-state index contributed by atoms with van der Waals surface area (Å²) in [4.78, 5) is 29.1. The van der Waals surface area contributed by atoms with Crippen LogP contribution in [0, 0.1) is 0 Å². The molecule has 4 nitrogen and oxygen atoms in total. The zero-order valence-corrected chi connectivity index (χ0v) is 25.0. The van der Waals surface area contributed by atoms with Gasteiger partial charge in [0.2, 0.25) is 11.8 Å². The van der Waals surface area contributed by atoms with E-state index in [0.717, 1.165) is 29.5 Å². The van der Waals surface area contributed by atoms with Gasteiger partial charge in [0.1, 0.15) is 6.04 Å². The standard InChI is InChI=1S/C33H40Cl2N2O2/c1-5-6-20-36-32(39)30(22-25-10-8-7-9-11-25)37(23-26-14-18-28(34)29(35)21-26)31(38)19-15-24-12-16-27(17-13-24)33(2,3)4/h7-14,16-18,21,30H,5-6,15,19-20,22-23H2,1-4H3,(H,36,39)/t30-/m1/s1. The highest BCUT2D eigenvalue weighted by Gasteiger charge is 2.30. The van der Waals surface area contributed by atoms with Crippen molar-refractivity contribution in [1.82, 2.24) is 10.2 Å². The van der Waals surface area contributed by atoms with Crippen LogP contribution in [-0.4, -0.2) is 29.3 Å². The van der Waals surface area contributed by atoms with Crippen molar-refractivity contribution in [3.8, 4) is 0 Å². The van der Waals surface area contributed by atoms with Crippen LogP contribution in [0.2, 0.25) is 10.0 Å². The second-order valence-electron chi connectivity index (χ2n) is 11.1. The number of benzene rings is 3. The number of hydrogen-bond donors (Lipinski definition) is 1. The Morgan fingerprint density at radius 3 is 2.15 bits per heavy atom. The molecule has 0 saturated heterocycles. The lowest BCUT2D eigenvalue weighted by Crippen LogP contribution is -2.50. The normalized spacial score (nSPS) is 12.2. The van der Waals surface area contributed by atoms with Crippen LogP contribution < -0.4 is 5.32 Å². The largest absolute Gasteiger partial charge is 0.354 e. The van der Waals surface area contributed by atoms with E-state index in [9.17, 15) is 9.59 Å². The van der Waals surface area contributed by atoms with E-state index in [-0.39, 0.29) is 23.8 Å². The van der Waals surface area contributed by atoms with Crippen LogP contribution >= 0.6 is 23.2 Å². The zero-order chi connectivity index (χ0) is 28.4. The number of nitrogens with zero attached hydrogens (tertiary/aromatic N) is 1. The van der Waals surface area contributed by atoms with E-state index in [1.807, 2.05) is 36.4 Å². The molecule has 39 heavy (non-hydrogen) atoms. The van der Waals surface area contributed by atoms with Crippen molar-refractivity contribution in [2.24, 2.45) is 0 Å². The van der Waals surface area contributed by atoms with Crippen LogP contribution in [0.4, 0.5) is 0 Å². The lowest BCUT2D eigenvalue weighted by molar-refractivity contribution is -0.141. The van der Waals surface area contributed by atoms with Gasteiger partial charge in [0, 0.05) is 25.9 Å². The van der Waals surface area contributed by atoms with Crippen molar-refractivity contribution in [3.63, 3.8) is 0 Å². The van der Waals surface area contributed by atoms with Gasteiger partial charge < -0.3 is 10.2 Å². The molecule has 0 saturated carbocycles.